The number of fused-ring (bicyclic) bond motifs is 1. The maximum atomic E-state index is 13.8. The van der Waals surface area contributed by atoms with Gasteiger partial charge in [0.2, 0.25) is 5.91 Å². The molecular weight excluding hydrogens is 343 g/mol. The summed E-state index contributed by atoms with van der Waals surface area (Å²) < 4.78 is 13.8. The van der Waals surface area contributed by atoms with E-state index in [4.69, 9.17) is 17.3 Å². The maximum Gasteiger partial charge on any atom is 0.232 e. The van der Waals surface area contributed by atoms with E-state index in [9.17, 15) is 9.18 Å². The molecule has 0 spiro atoms. The van der Waals surface area contributed by atoms with E-state index in [1.165, 1.54) is 0 Å². The number of nitrogens with two attached hydrogens (primary N) is 1. The number of carbonyl (C=O) groups is 1. The molecule has 0 saturated heterocycles. The van der Waals surface area contributed by atoms with Gasteiger partial charge in [0.1, 0.15) is 17.1 Å². The molecule has 25 heavy (non-hydrogen) atoms. The monoisotopic (exact) mass is 356 g/mol. The van der Waals surface area contributed by atoms with Crippen molar-refractivity contribution in [3.63, 3.8) is 0 Å². The molecular formula is C18H14ClFN4O. The summed E-state index contributed by atoms with van der Waals surface area (Å²) in [6.45, 7) is 1.95. The molecule has 5 nitrogen and oxygen atoms in total. The van der Waals surface area contributed by atoms with E-state index in [-0.39, 0.29) is 12.1 Å². The van der Waals surface area contributed by atoms with Gasteiger partial charge in [-0.05, 0) is 47.9 Å². The SMILES string of the molecule is Cc1cnccc1-c1cc(Cl)c2nnc(C3(C(N)=O)CC3F)cc2c1. The molecule has 1 aliphatic rings. The zero-order chi connectivity index (χ0) is 17.8. The summed E-state index contributed by atoms with van der Waals surface area (Å²) in [6, 6.07) is 7.25. The highest BCUT2D eigenvalue weighted by atomic mass is 35.5. The topological polar surface area (TPSA) is 81.8 Å². The molecule has 1 fully saturated rings. The number of hydrogen-bond donors (Lipinski definition) is 1. The van der Waals surface area contributed by atoms with Gasteiger partial charge in [0, 0.05) is 24.2 Å². The van der Waals surface area contributed by atoms with E-state index in [0.717, 1.165) is 16.7 Å². The minimum atomic E-state index is -1.36. The summed E-state index contributed by atoms with van der Waals surface area (Å²) in [7, 11) is 0. The van der Waals surface area contributed by atoms with Crippen molar-refractivity contribution in [2.75, 3.05) is 0 Å². The van der Waals surface area contributed by atoms with E-state index in [1.54, 1.807) is 24.5 Å². The van der Waals surface area contributed by atoms with Gasteiger partial charge >= 0.3 is 0 Å². The van der Waals surface area contributed by atoms with Crippen molar-refractivity contribution in [3.8, 4) is 11.1 Å². The molecule has 4 rings (SSSR count). The Labute approximate surface area is 148 Å². The second-order valence-corrected chi connectivity index (χ2v) is 6.73. The summed E-state index contributed by atoms with van der Waals surface area (Å²) in [6.07, 6.45) is 2.19. The number of pyridine rings is 1. The Morgan fingerprint density at radius 2 is 2.12 bits per heavy atom. The summed E-state index contributed by atoms with van der Waals surface area (Å²) in [4.78, 5) is 15.8. The average Bonchev–Trinajstić information content (AvgIpc) is 3.27. The number of benzene rings is 1. The van der Waals surface area contributed by atoms with Crippen LogP contribution in [-0.2, 0) is 10.2 Å². The van der Waals surface area contributed by atoms with Crippen LogP contribution in [0.1, 0.15) is 17.7 Å². The largest absolute Gasteiger partial charge is 0.369 e. The van der Waals surface area contributed by atoms with Crippen molar-refractivity contribution in [2.45, 2.75) is 24.9 Å². The number of amides is 1. The van der Waals surface area contributed by atoms with Crippen LogP contribution in [-0.4, -0.2) is 27.3 Å². The minimum Gasteiger partial charge on any atom is -0.369 e. The molecule has 0 radical (unpaired) electrons. The van der Waals surface area contributed by atoms with Gasteiger partial charge in [-0.15, -0.1) is 5.10 Å². The van der Waals surface area contributed by atoms with Gasteiger partial charge in [-0.2, -0.15) is 5.10 Å². The van der Waals surface area contributed by atoms with E-state index in [2.05, 4.69) is 15.2 Å². The molecule has 126 valence electrons. The number of carbonyl (C=O) groups excluding carboxylic acids is 1. The predicted molar refractivity (Wildman–Crippen MR) is 92.9 cm³/mol. The van der Waals surface area contributed by atoms with Gasteiger partial charge < -0.3 is 5.73 Å². The van der Waals surface area contributed by atoms with E-state index in [0.29, 0.717) is 15.9 Å². The first-order valence-corrected chi connectivity index (χ1v) is 8.13. The van der Waals surface area contributed by atoms with Gasteiger partial charge in [0.15, 0.2) is 0 Å². The molecule has 2 atom stereocenters. The Morgan fingerprint density at radius 1 is 1.36 bits per heavy atom. The second-order valence-electron chi connectivity index (χ2n) is 6.32. The molecule has 0 aliphatic heterocycles. The van der Waals surface area contributed by atoms with Crippen LogP contribution in [0.4, 0.5) is 4.39 Å². The lowest BCUT2D eigenvalue weighted by atomic mass is 9.97. The van der Waals surface area contributed by atoms with Gasteiger partial charge in [-0.25, -0.2) is 4.39 Å². The molecule has 2 N–H and O–H groups in total. The maximum absolute atomic E-state index is 13.8. The van der Waals surface area contributed by atoms with Gasteiger partial charge in [-0.3, -0.25) is 9.78 Å². The average molecular weight is 357 g/mol. The lowest BCUT2D eigenvalue weighted by Gasteiger charge is -2.12. The lowest BCUT2D eigenvalue weighted by Crippen LogP contribution is -2.32. The molecule has 2 heterocycles. The number of hydrogen-bond acceptors (Lipinski definition) is 4. The number of halogens is 2. The van der Waals surface area contributed by atoms with Gasteiger partial charge in [0.25, 0.3) is 0 Å². The Morgan fingerprint density at radius 3 is 2.76 bits per heavy atom. The van der Waals surface area contributed by atoms with Gasteiger partial charge in [0.05, 0.1) is 10.7 Å². The Kier molecular flexibility index (Phi) is 3.47. The van der Waals surface area contributed by atoms with Crippen LogP contribution in [0.2, 0.25) is 5.02 Å². The molecule has 3 aromatic rings. The van der Waals surface area contributed by atoms with Crippen LogP contribution in [0.5, 0.6) is 0 Å². The fourth-order valence-electron chi connectivity index (χ4n) is 3.16. The quantitative estimate of drug-likeness (QED) is 0.781. The lowest BCUT2D eigenvalue weighted by molar-refractivity contribution is -0.121. The number of alkyl halides is 1. The molecule has 1 aliphatic carbocycles. The first kappa shape index (κ1) is 15.9. The van der Waals surface area contributed by atoms with E-state index >= 15 is 0 Å². The minimum absolute atomic E-state index is 0.0411. The van der Waals surface area contributed by atoms with Crippen molar-refractivity contribution in [3.05, 3.63) is 52.9 Å². The van der Waals surface area contributed by atoms with Crippen molar-refractivity contribution in [2.24, 2.45) is 5.73 Å². The zero-order valence-corrected chi connectivity index (χ0v) is 14.1. The smallest absolute Gasteiger partial charge is 0.232 e. The predicted octanol–water partition coefficient (Wildman–Crippen LogP) is 3.12. The molecule has 0 bridgehead atoms. The number of nitrogens with zero attached hydrogens (tertiary/aromatic N) is 3. The van der Waals surface area contributed by atoms with Crippen molar-refractivity contribution in [1.29, 1.82) is 0 Å². The highest BCUT2D eigenvalue weighted by Gasteiger charge is 2.63. The highest BCUT2D eigenvalue weighted by Crippen LogP contribution is 2.50. The summed E-state index contributed by atoms with van der Waals surface area (Å²) in [5.74, 6) is -0.721. The van der Waals surface area contributed by atoms with Gasteiger partial charge in [-0.1, -0.05) is 11.6 Å². The van der Waals surface area contributed by atoms with E-state index < -0.39 is 17.5 Å². The summed E-state index contributed by atoms with van der Waals surface area (Å²) in [5.41, 5.74) is 7.64. The van der Waals surface area contributed by atoms with Crippen LogP contribution >= 0.6 is 11.6 Å². The molecule has 7 heteroatoms. The molecule has 1 amide bonds. The standard InChI is InChI=1S/C18H14ClFN4O/c1-9-8-22-3-2-12(9)10-4-11-6-15(18(17(21)25)7-14(18)20)23-24-16(11)13(19)5-10/h2-6,8,14H,7H2,1H3,(H2,21,25). The Hall–Kier alpha value is -2.60. The zero-order valence-electron chi connectivity index (χ0n) is 13.3. The van der Waals surface area contributed by atoms with Crippen LogP contribution in [0.25, 0.3) is 22.0 Å². The fourth-order valence-corrected chi connectivity index (χ4v) is 3.42. The summed E-state index contributed by atoms with van der Waals surface area (Å²) >= 11 is 6.35. The molecule has 2 unspecified atom stereocenters. The fraction of sp³-hybridized carbons (Fsp3) is 0.222. The van der Waals surface area contributed by atoms with Crippen LogP contribution < -0.4 is 5.73 Å². The number of primary amides is 1. The number of aromatic nitrogens is 3. The first-order valence-electron chi connectivity index (χ1n) is 7.76. The third-order valence-electron chi connectivity index (χ3n) is 4.75. The van der Waals surface area contributed by atoms with Crippen molar-refractivity contribution in [1.82, 2.24) is 15.2 Å². The molecule has 1 saturated carbocycles. The molecule has 2 aromatic heterocycles. The van der Waals surface area contributed by atoms with Crippen molar-refractivity contribution >= 4 is 28.4 Å². The Balaban J connectivity index is 1.90. The number of rotatable bonds is 3. The normalized spacial score (nSPS) is 22.1. The van der Waals surface area contributed by atoms with Crippen molar-refractivity contribution < 1.29 is 9.18 Å². The van der Waals surface area contributed by atoms with Crippen LogP contribution in [0.3, 0.4) is 0 Å². The first-order chi connectivity index (χ1) is 11.9. The Bertz CT molecular complexity index is 1030. The number of aryl methyl sites for hydroxylation is 1. The highest BCUT2D eigenvalue weighted by molar-refractivity contribution is 6.35. The third-order valence-corrected chi connectivity index (χ3v) is 5.03. The molecule has 1 aromatic carbocycles. The third kappa shape index (κ3) is 2.36. The van der Waals surface area contributed by atoms with Crippen LogP contribution in [0, 0.1) is 6.92 Å². The summed E-state index contributed by atoms with van der Waals surface area (Å²) in [5, 5.41) is 9.22. The van der Waals surface area contributed by atoms with Crippen LogP contribution in [0.15, 0.2) is 36.7 Å². The van der Waals surface area contributed by atoms with E-state index in [1.807, 2.05) is 19.1 Å². The second kappa shape index (κ2) is 5.46.